The topological polar surface area (TPSA) is 134 Å². The van der Waals surface area contributed by atoms with Crippen molar-refractivity contribution in [3.05, 3.63) is 97.2 Å². The molecule has 0 heterocycles. The summed E-state index contributed by atoms with van der Waals surface area (Å²) in [6.45, 7) is 3.59. The highest BCUT2D eigenvalue weighted by Crippen LogP contribution is 2.43. The lowest BCUT2D eigenvalue weighted by molar-refractivity contribution is -0.161. The number of esters is 2. The normalized spacial score (nSPS) is 13.9. The van der Waals surface area contributed by atoms with Gasteiger partial charge >= 0.3 is 19.8 Å². The number of carbonyl (C=O) groups is 2. The smallest absolute Gasteiger partial charge is 0.462 e. The summed E-state index contributed by atoms with van der Waals surface area (Å²) in [7, 11) is -4.39. The Morgan fingerprint density at radius 1 is 0.470 bits per heavy atom. The van der Waals surface area contributed by atoms with Gasteiger partial charge in [-0.2, -0.15) is 0 Å². The molecule has 0 aliphatic rings. The van der Waals surface area contributed by atoms with Gasteiger partial charge in [-0.15, -0.1) is 0 Å². The maximum atomic E-state index is 12.7. The van der Waals surface area contributed by atoms with Crippen molar-refractivity contribution >= 4 is 19.8 Å². The van der Waals surface area contributed by atoms with Gasteiger partial charge in [-0.1, -0.05) is 201 Å². The van der Waals surface area contributed by atoms with E-state index in [-0.39, 0.29) is 32.6 Å². The van der Waals surface area contributed by atoms with E-state index in [1.807, 2.05) is 0 Å². The Bertz CT molecular complexity index is 1400. The van der Waals surface area contributed by atoms with Crippen LogP contribution in [-0.4, -0.2) is 49.3 Å². The van der Waals surface area contributed by atoms with Gasteiger partial charge in [-0.3, -0.25) is 18.6 Å². The van der Waals surface area contributed by atoms with E-state index in [1.165, 1.54) is 77.0 Å². The predicted octanol–water partition coefficient (Wildman–Crippen LogP) is 16.1. The Balaban J connectivity index is 4.09. The zero-order valence-corrected chi connectivity index (χ0v) is 42.8. The number of ether oxygens (including phenoxy) is 2. The van der Waals surface area contributed by atoms with Gasteiger partial charge in [0.05, 0.1) is 13.2 Å². The number of unbranched alkanes of at least 4 members (excludes halogenated alkanes) is 19. The van der Waals surface area contributed by atoms with Crippen molar-refractivity contribution in [2.24, 2.45) is 5.73 Å². The lowest BCUT2D eigenvalue weighted by Gasteiger charge is -2.19. The molecule has 378 valence electrons. The molecule has 0 aliphatic heterocycles. The predicted molar refractivity (Wildman–Crippen MR) is 279 cm³/mol. The molecular formula is C56H96NO8P. The highest BCUT2D eigenvalue weighted by Gasteiger charge is 2.26. The minimum atomic E-state index is -4.39. The number of hydrogen-bond acceptors (Lipinski definition) is 8. The summed E-state index contributed by atoms with van der Waals surface area (Å²) in [5, 5.41) is 0. The summed E-state index contributed by atoms with van der Waals surface area (Å²) in [5.74, 6) is -0.851. The lowest BCUT2D eigenvalue weighted by atomic mass is 10.1. The van der Waals surface area contributed by atoms with Crippen LogP contribution >= 0.6 is 7.82 Å². The summed E-state index contributed by atoms with van der Waals surface area (Å²) in [4.78, 5) is 35.1. The molecule has 0 saturated heterocycles. The minimum absolute atomic E-state index is 0.0458. The Morgan fingerprint density at radius 3 is 1.24 bits per heavy atom. The van der Waals surface area contributed by atoms with Crippen LogP contribution in [0.4, 0.5) is 0 Å². The van der Waals surface area contributed by atoms with Crippen molar-refractivity contribution in [3.63, 3.8) is 0 Å². The molecule has 0 amide bonds. The molecule has 2 atom stereocenters. The first-order valence-corrected chi connectivity index (χ1v) is 27.7. The van der Waals surface area contributed by atoms with E-state index >= 15 is 0 Å². The van der Waals surface area contributed by atoms with Crippen LogP contribution in [0.1, 0.15) is 213 Å². The SMILES string of the molecule is CC/C=C\C/C=C\C/C=C\C/C=C\C/C=C\C/C=C\CCCCCCCCCCC(=O)OC(COC(=O)CCCCCCCCC/C=C\C/C=C\CCCCCC)COP(=O)(O)OCCN. The van der Waals surface area contributed by atoms with Gasteiger partial charge in [0.2, 0.25) is 0 Å². The van der Waals surface area contributed by atoms with Gasteiger partial charge in [-0.25, -0.2) is 4.57 Å². The van der Waals surface area contributed by atoms with E-state index in [0.717, 1.165) is 103 Å². The fourth-order valence-electron chi connectivity index (χ4n) is 6.84. The molecular weight excluding hydrogens is 846 g/mol. The summed E-state index contributed by atoms with van der Waals surface area (Å²) in [5.41, 5.74) is 5.37. The molecule has 0 aliphatic carbocycles. The van der Waals surface area contributed by atoms with E-state index < -0.39 is 32.5 Å². The fourth-order valence-corrected chi connectivity index (χ4v) is 7.61. The highest BCUT2D eigenvalue weighted by atomic mass is 31.2. The number of allylic oxidation sites excluding steroid dienone is 16. The number of hydrogen-bond donors (Lipinski definition) is 2. The quantitative estimate of drug-likeness (QED) is 0.0265. The van der Waals surface area contributed by atoms with Crippen molar-refractivity contribution in [2.45, 2.75) is 219 Å². The minimum Gasteiger partial charge on any atom is -0.462 e. The van der Waals surface area contributed by atoms with E-state index in [0.29, 0.717) is 6.42 Å². The Hall–Kier alpha value is -3.07. The molecule has 0 radical (unpaired) electrons. The molecule has 66 heavy (non-hydrogen) atoms. The summed E-state index contributed by atoms with van der Waals surface area (Å²) < 4.78 is 32.9. The van der Waals surface area contributed by atoms with Crippen LogP contribution in [0.15, 0.2) is 97.2 Å². The molecule has 0 aromatic carbocycles. The van der Waals surface area contributed by atoms with Crippen LogP contribution in [-0.2, 0) is 32.7 Å². The van der Waals surface area contributed by atoms with Crippen LogP contribution in [0, 0.1) is 0 Å². The van der Waals surface area contributed by atoms with Gasteiger partial charge < -0.3 is 20.1 Å². The second-order valence-electron chi connectivity index (χ2n) is 17.0. The maximum Gasteiger partial charge on any atom is 0.472 e. The summed E-state index contributed by atoms with van der Waals surface area (Å²) in [6.07, 6.45) is 67.2. The van der Waals surface area contributed by atoms with Gasteiger partial charge in [0.1, 0.15) is 6.61 Å². The maximum absolute atomic E-state index is 12.7. The second-order valence-corrected chi connectivity index (χ2v) is 18.5. The number of phosphoric acid groups is 1. The Labute approximate surface area is 404 Å². The third-order valence-corrected chi connectivity index (χ3v) is 11.7. The van der Waals surface area contributed by atoms with Crippen LogP contribution in [0.5, 0.6) is 0 Å². The van der Waals surface area contributed by atoms with E-state index in [2.05, 4.69) is 111 Å². The second kappa shape index (κ2) is 51.3. The fraction of sp³-hybridized carbons (Fsp3) is 0.679. The van der Waals surface area contributed by atoms with Gasteiger partial charge in [0.25, 0.3) is 0 Å². The van der Waals surface area contributed by atoms with Crippen molar-refractivity contribution in [2.75, 3.05) is 26.4 Å². The van der Waals surface area contributed by atoms with Crippen LogP contribution < -0.4 is 5.73 Å². The molecule has 10 heteroatoms. The first-order valence-electron chi connectivity index (χ1n) is 26.2. The Morgan fingerprint density at radius 2 is 0.833 bits per heavy atom. The zero-order valence-electron chi connectivity index (χ0n) is 41.9. The third-order valence-electron chi connectivity index (χ3n) is 10.7. The molecule has 0 aromatic heterocycles. The largest absolute Gasteiger partial charge is 0.472 e. The van der Waals surface area contributed by atoms with Crippen molar-refractivity contribution in [1.82, 2.24) is 0 Å². The molecule has 3 N–H and O–H groups in total. The van der Waals surface area contributed by atoms with Crippen molar-refractivity contribution in [3.8, 4) is 0 Å². The van der Waals surface area contributed by atoms with E-state index in [9.17, 15) is 19.0 Å². The van der Waals surface area contributed by atoms with Gasteiger partial charge in [0.15, 0.2) is 6.10 Å². The molecule has 0 spiro atoms. The third kappa shape index (κ3) is 50.3. The Kier molecular flexibility index (Phi) is 48.9. The molecule has 9 nitrogen and oxygen atoms in total. The van der Waals surface area contributed by atoms with E-state index in [4.69, 9.17) is 24.3 Å². The van der Waals surface area contributed by atoms with Crippen LogP contribution in [0.2, 0.25) is 0 Å². The van der Waals surface area contributed by atoms with E-state index in [1.54, 1.807) is 0 Å². The number of phosphoric ester groups is 1. The van der Waals surface area contributed by atoms with Crippen molar-refractivity contribution < 1.29 is 37.6 Å². The first kappa shape index (κ1) is 62.9. The molecule has 0 rings (SSSR count). The first-order chi connectivity index (χ1) is 32.3. The molecule has 0 aromatic rings. The summed E-state index contributed by atoms with van der Waals surface area (Å²) in [6, 6.07) is 0. The highest BCUT2D eigenvalue weighted by molar-refractivity contribution is 7.47. The monoisotopic (exact) mass is 942 g/mol. The molecule has 2 unspecified atom stereocenters. The van der Waals surface area contributed by atoms with Gasteiger partial charge in [-0.05, 0) is 96.3 Å². The van der Waals surface area contributed by atoms with Crippen molar-refractivity contribution in [1.29, 1.82) is 0 Å². The average molecular weight is 942 g/mol. The number of carbonyl (C=O) groups excluding carboxylic acids is 2. The average Bonchev–Trinajstić information content (AvgIpc) is 3.31. The number of rotatable bonds is 48. The number of nitrogens with two attached hydrogens (primary N) is 1. The zero-order chi connectivity index (χ0) is 48.1. The molecule has 0 bridgehead atoms. The lowest BCUT2D eigenvalue weighted by Crippen LogP contribution is -2.29. The standard InChI is InChI=1S/C56H96NO8P/c1-3-5-7-9-11-13-15-17-19-21-23-24-25-26-27-28-29-30-31-33-35-37-39-41-43-45-47-49-56(59)65-54(53-64-66(60,61)63-51-50-57)52-62-55(58)48-46-44-42-40-38-36-34-32-22-20-18-16-14-12-10-8-6-4-2/h5,7,11,13-14,16-17,19-20,22-24,26-27,29-30,54H,3-4,6,8-10,12,15,18,21,25,28,31-53,57H2,1-2H3,(H,60,61)/b7-5-,13-11-,16-14-,19-17-,22-20-,24-23-,27-26-,30-29-. The van der Waals surface area contributed by atoms with Crippen LogP contribution in [0.3, 0.4) is 0 Å². The van der Waals surface area contributed by atoms with Gasteiger partial charge in [0, 0.05) is 19.4 Å². The molecule has 0 fully saturated rings. The van der Waals surface area contributed by atoms with Crippen LogP contribution in [0.25, 0.3) is 0 Å². The molecule has 0 saturated carbocycles. The summed E-state index contributed by atoms with van der Waals surface area (Å²) >= 11 is 0.